The second-order valence-electron chi connectivity index (χ2n) is 4.52. The van der Waals surface area contributed by atoms with Gasteiger partial charge in [0.25, 0.3) is 0 Å². The van der Waals surface area contributed by atoms with Crippen LogP contribution < -0.4 is 5.32 Å². The van der Waals surface area contributed by atoms with Crippen molar-refractivity contribution in [2.75, 3.05) is 6.61 Å². The predicted octanol–water partition coefficient (Wildman–Crippen LogP) is 1.31. The Kier molecular flexibility index (Phi) is 4.99. The molecule has 78 valence electrons. The molecule has 0 aromatic heterocycles. The largest absolute Gasteiger partial charge is 0.394 e. The molecule has 0 bridgehead atoms. The van der Waals surface area contributed by atoms with Crippen molar-refractivity contribution in [2.24, 2.45) is 5.92 Å². The number of hydrogen-bond acceptors (Lipinski definition) is 2. The summed E-state index contributed by atoms with van der Waals surface area (Å²) in [5, 5.41) is 11.7. The molecule has 0 spiro atoms. The van der Waals surface area contributed by atoms with Gasteiger partial charge in [0.05, 0.1) is 12.1 Å². The number of rotatable bonds is 5. The molecule has 0 aromatic carbocycles. The summed E-state index contributed by atoms with van der Waals surface area (Å²) in [5.74, 6) is 0.565. The van der Waals surface area contributed by atoms with Gasteiger partial charge in [-0.2, -0.15) is 0 Å². The number of aliphatic hydroxyl groups is 1. The Bertz CT molecular complexity index is 164. The van der Waals surface area contributed by atoms with E-state index in [2.05, 4.69) is 19.2 Å². The van der Waals surface area contributed by atoms with Crippen molar-refractivity contribution in [3.8, 4) is 0 Å². The van der Waals surface area contributed by atoms with Crippen molar-refractivity contribution in [1.29, 1.82) is 0 Å². The molecule has 0 radical (unpaired) electrons. The zero-order valence-electron chi connectivity index (χ0n) is 9.05. The van der Waals surface area contributed by atoms with Gasteiger partial charge in [-0.15, -0.1) is 0 Å². The van der Waals surface area contributed by atoms with Crippen molar-refractivity contribution in [3.63, 3.8) is 0 Å². The van der Waals surface area contributed by atoms with Crippen LogP contribution in [0.4, 0.5) is 0 Å². The van der Waals surface area contributed by atoms with Crippen LogP contribution in [0.2, 0.25) is 0 Å². The maximum Gasteiger partial charge on any atom is 0.220 e. The van der Waals surface area contributed by atoms with Crippen molar-refractivity contribution in [1.82, 2.24) is 5.32 Å². The molecule has 0 saturated carbocycles. The predicted molar refractivity (Wildman–Crippen MR) is 53.4 cm³/mol. The lowest BCUT2D eigenvalue weighted by Crippen LogP contribution is -2.46. The van der Waals surface area contributed by atoms with E-state index in [1.165, 1.54) is 0 Å². The van der Waals surface area contributed by atoms with E-state index in [9.17, 15) is 4.79 Å². The summed E-state index contributed by atoms with van der Waals surface area (Å²) in [6.07, 6.45) is 1.44. The highest BCUT2D eigenvalue weighted by atomic mass is 16.3. The van der Waals surface area contributed by atoms with E-state index < -0.39 is 5.54 Å². The number of aliphatic hydroxyl groups excluding tert-OH is 1. The smallest absolute Gasteiger partial charge is 0.220 e. The Hall–Kier alpha value is -0.570. The number of amides is 1. The summed E-state index contributed by atoms with van der Waals surface area (Å²) in [5.41, 5.74) is -0.492. The van der Waals surface area contributed by atoms with Gasteiger partial charge in [-0.3, -0.25) is 4.79 Å². The highest BCUT2D eigenvalue weighted by Crippen LogP contribution is 2.05. The number of carbonyl (C=O) groups is 1. The Labute approximate surface area is 80.5 Å². The summed E-state index contributed by atoms with van der Waals surface area (Å²) in [6.45, 7) is 7.76. The van der Waals surface area contributed by atoms with Crippen molar-refractivity contribution < 1.29 is 9.90 Å². The standard InChI is InChI=1S/C10H21NO2/c1-8(2)5-6-9(13)11-10(3,4)7-12/h8,12H,5-7H2,1-4H3,(H,11,13). The van der Waals surface area contributed by atoms with Gasteiger partial charge in [-0.1, -0.05) is 13.8 Å². The second kappa shape index (κ2) is 5.22. The normalized spacial score (nSPS) is 11.8. The Morgan fingerprint density at radius 2 is 2.00 bits per heavy atom. The highest BCUT2D eigenvalue weighted by Gasteiger charge is 2.18. The van der Waals surface area contributed by atoms with E-state index in [0.29, 0.717) is 12.3 Å². The van der Waals surface area contributed by atoms with Crippen molar-refractivity contribution in [2.45, 2.75) is 46.1 Å². The molecule has 3 nitrogen and oxygen atoms in total. The highest BCUT2D eigenvalue weighted by molar-refractivity contribution is 5.76. The lowest BCUT2D eigenvalue weighted by atomic mass is 10.0. The minimum absolute atomic E-state index is 0.0211. The van der Waals surface area contributed by atoms with E-state index in [1.807, 2.05) is 0 Å². The summed E-state index contributed by atoms with van der Waals surface area (Å²) in [4.78, 5) is 11.3. The maximum atomic E-state index is 11.3. The molecule has 0 unspecified atom stereocenters. The molecule has 0 aliphatic carbocycles. The van der Waals surface area contributed by atoms with E-state index in [0.717, 1.165) is 6.42 Å². The number of carbonyl (C=O) groups excluding carboxylic acids is 1. The van der Waals surface area contributed by atoms with Crippen LogP contribution in [-0.2, 0) is 4.79 Å². The van der Waals surface area contributed by atoms with Gasteiger partial charge < -0.3 is 10.4 Å². The first-order chi connectivity index (χ1) is 5.87. The van der Waals surface area contributed by atoms with E-state index in [-0.39, 0.29) is 12.5 Å². The summed E-state index contributed by atoms with van der Waals surface area (Å²) in [7, 11) is 0. The minimum Gasteiger partial charge on any atom is -0.394 e. The quantitative estimate of drug-likeness (QED) is 0.681. The lowest BCUT2D eigenvalue weighted by molar-refractivity contribution is -0.123. The third-order valence-corrected chi connectivity index (χ3v) is 1.82. The average molecular weight is 187 g/mol. The molecule has 2 N–H and O–H groups in total. The molecule has 0 atom stereocenters. The Balaban J connectivity index is 3.74. The molecule has 1 amide bonds. The molecule has 0 heterocycles. The first-order valence-electron chi connectivity index (χ1n) is 4.79. The molecule has 0 aromatic rings. The number of nitrogens with one attached hydrogen (secondary N) is 1. The van der Waals surface area contributed by atoms with Gasteiger partial charge in [0.1, 0.15) is 0 Å². The molecule has 0 aliphatic rings. The summed E-state index contributed by atoms with van der Waals surface area (Å²) in [6, 6.07) is 0. The average Bonchev–Trinajstić information content (AvgIpc) is 2.00. The topological polar surface area (TPSA) is 49.3 Å². The van der Waals surface area contributed by atoms with Gasteiger partial charge in [-0.25, -0.2) is 0 Å². The van der Waals surface area contributed by atoms with Crippen LogP contribution in [0.1, 0.15) is 40.5 Å². The molecule has 0 saturated heterocycles. The van der Waals surface area contributed by atoms with Gasteiger partial charge in [0.2, 0.25) is 5.91 Å². The van der Waals surface area contributed by atoms with E-state index in [4.69, 9.17) is 5.11 Å². The van der Waals surface area contributed by atoms with Crippen LogP contribution in [-0.4, -0.2) is 23.2 Å². The fraction of sp³-hybridized carbons (Fsp3) is 0.900. The summed E-state index contributed by atoms with van der Waals surface area (Å²) >= 11 is 0. The molecular formula is C10H21NO2. The van der Waals surface area contributed by atoms with Gasteiger partial charge in [0.15, 0.2) is 0 Å². The van der Waals surface area contributed by atoms with Crippen LogP contribution in [0.3, 0.4) is 0 Å². The molecule has 3 heteroatoms. The van der Waals surface area contributed by atoms with Gasteiger partial charge in [-0.05, 0) is 26.2 Å². The van der Waals surface area contributed by atoms with Gasteiger partial charge in [0, 0.05) is 6.42 Å². The Morgan fingerprint density at radius 3 is 2.38 bits per heavy atom. The SMILES string of the molecule is CC(C)CCC(=O)NC(C)(C)CO. The van der Waals surface area contributed by atoms with Crippen LogP contribution in [0.5, 0.6) is 0 Å². The lowest BCUT2D eigenvalue weighted by Gasteiger charge is -2.23. The zero-order chi connectivity index (χ0) is 10.5. The maximum absolute atomic E-state index is 11.3. The molecule has 0 fully saturated rings. The third kappa shape index (κ3) is 6.58. The first-order valence-corrected chi connectivity index (χ1v) is 4.79. The van der Waals surface area contributed by atoms with Crippen LogP contribution in [0, 0.1) is 5.92 Å². The Morgan fingerprint density at radius 1 is 1.46 bits per heavy atom. The molecular weight excluding hydrogens is 166 g/mol. The molecule has 0 aliphatic heterocycles. The molecule has 0 rings (SSSR count). The van der Waals surface area contributed by atoms with Crippen molar-refractivity contribution in [3.05, 3.63) is 0 Å². The zero-order valence-corrected chi connectivity index (χ0v) is 9.05. The first kappa shape index (κ1) is 12.4. The minimum atomic E-state index is -0.492. The monoisotopic (exact) mass is 187 g/mol. The van der Waals surface area contributed by atoms with Crippen LogP contribution in [0.25, 0.3) is 0 Å². The fourth-order valence-electron chi connectivity index (χ4n) is 0.899. The third-order valence-electron chi connectivity index (χ3n) is 1.82. The summed E-state index contributed by atoms with van der Waals surface area (Å²) < 4.78 is 0. The van der Waals surface area contributed by atoms with E-state index in [1.54, 1.807) is 13.8 Å². The van der Waals surface area contributed by atoms with Crippen LogP contribution in [0.15, 0.2) is 0 Å². The van der Waals surface area contributed by atoms with Gasteiger partial charge >= 0.3 is 0 Å². The second-order valence-corrected chi connectivity index (χ2v) is 4.52. The fourth-order valence-corrected chi connectivity index (χ4v) is 0.899. The molecule has 13 heavy (non-hydrogen) atoms. The van der Waals surface area contributed by atoms with Crippen molar-refractivity contribution >= 4 is 5.91 Å². The van der Waals surface area contributed by atoms with E-state index >= 15 is 0 Å². The number of hydrogen-bond donors (Lipinski definition) is 2. The van der Waals surface area contributed by atoms with Crippen LogP contribution >= 0.6 is 0 Å².